The van der Waals surface area contributed by atoms with Crippen LogP contribution in [-0.4, -0.2) is 11.1 Å². The quantitative estimate of drug-likeness (QED) is 0.779. The van der Waals surface area contributed by atoms with Crippen LogP contribution in [0, 0.1) is 11.6 Å². The average molecular weight is 353 g/mol. The number of hydrogen-bond donors (Lipinski definition) is 1. The molecule has 0 heterocycles. The normalized spacial score (nSPS) is 11.4. The zero-order valence-electron chi connectivity index (χ0n) is 10.9. The van der Waals surface area contributed by atoms with Crippen LogP contribution in [0.3, 0.4) is 0 Å². The zero-order valence-corrected chi connectivity index (χ0v) is 11.7. The Kier molecular flexibility index (Phi) is 4.46. The highest BCUT2D eigenvalue weighted by Crippen LogP contribution is 2.42. The van der Waals surface area contributed by atoms with E-state index in [-0.39, 0.29) is 10.8 Å². The summed E-state index contributed by atoms with van der Waals surface area (Å²) in [6, 6.07) is 3.91. The predicted octanol–water partition coefficient (Wildman–Crippen LogP) is 5.13. The van der Waals surface area contributed by atoms with Crippen LogP contribution in [0.25, 0.3) is 0 Å². The number of benzene rings is 2. The summed E-state index contributed by atoms with van der Waals surface area (Å²) in [5, 5.41) is 8.37. The smallest absolute Gasteiger partial charge is 0.422 e. The molecule has 9 heteroatoms. The highest BCUT2D eigenvalue weighted by molar-refractivity contribution is 6.32. The minimum Gasteiger partial charge on any atom is -0.478 e. The number of carboxylic acid groups (broad SMARTS) is 1. The lowest BCUT2D eigenvalue weighted by molar-refractivity contribution is -0.141. The van der Waals surface area contributed by atoms with E-state index in [1.807, 2.05) is 0 Å². The maximum absolute atomic E-state index is 13.9. The molecule has 0 aliphatic heterocycles. The summed E-state index contributed by atoms with van der Waals surface area (Å²) in [6.07, 6.45) is -5.21. The molecule has 0 atom stereocenters. The first kappa shape index (κ1) is 17.0. The van der Waals surface area contributed by atoms with Crippen molar-refractivity contribution in [2.75, 3.05) is 0 Å². The second-order valence-electron chi connectivity index (χ2n) is 4.28. The first-order valence-electron chi connectivity index (χ1n) is 5.87. The number of carboxylic acids is 1. The van der Waals surface area contributed by atoms with Gasteiger partial charge in [-0.3, -0.25) is 0 Å². The summed E-state index contributed by atoms with van der Waals surface area (Å²) in [7, 11) is 0. The number of hydrogen-bond acceptors (Lipinski definition) is 2. The van der Waals surface area contributed by atoms with Gasteiger partial charge < -0.3 is 9.84 Å². The molecule has 1 N–H and O–H groups in total. The number of aromatic carboxylic acids is 1. The molecule has 0 aromatic heterocycles. The molecular formula is C14H6ClF5O3. The van der Waals surface area contributed by atoms with Gasteiger partial charge in [0.2, 0.25) is 0 Å². The molecule has 0 saturated heterocycles. The van der Waals surface area contributed by atoms with E-state index in [0.29, 0.717) is 12.1 Å². The van der Waals surface area contributed by atoms with Gasteiger partial charge in [-0.15, -0.1) is 0 Å². The van der Waals surface area contributed by atoms with Crippen LogP contribution in [0.1, 0.15) is 15.9 Å². The van der Waals surface area contributed by atoms with Crippen molar-refractivity contribution in [2.24, 2.45) is 0 Å². The van der Waals surface area contributed by atoms with Crippen LogP contribution in [0.2, 0.25) is 5.02 Å². The number of halogens is 6. The van der Waals surface area contributed by atoms with Gasteiger partial charge in [0.05, 0.1) is 10.6 Å². The predicted molar refractivity (Wildman–Crippen MR) is 69.8 cm³/mol. The topological polar surface area (TPSA) is 46.5 Å². The summed E-state index contributed by atoms with van der Waals surface area (Å²) >= 11 is 5.63. The fourth-order valence-corrected chi connectivity index (χ4v) is 1.95. The third-order valence-electron chi connectivity index (χ3n) is 2.73. The van der Waals surface area contributed by atoms with Gasteiger partial charge in [0.15, 0.2) is 5.82 Å². The molecule has 2 rings (SSSR count). The molecule has 0 aliphatic rings. The fourth-order valence-electron chi connectivity index (χ4n) is 1.75. The molecule has 2 aromatic carbocycles. The second-order valence-corrected chi connectivity index (χ2v) is 4.69. The summed E-state index contributed by atoms with van der Waals surface area (Å²) in [6.45, 7) is 0. The van der Waals surface area contributed by atoms with Gasteiger partial charge in [0.1, 0.15) is 22.9 Å². The Balaban J connectivity index is 2.58. The molecule has 0 bridgehead atoms. The van der Waals surface area contributed by atoms with E-state index in [0.717, 1.165) is 18.2 Å². The van der Waals surface area contributed by atoms with E-state index in [1.54, 1.807) is 0 Å². The molecule has 0 aliphatic carbocycles. The lowest BCUT2D eigenvalue weighted by Crippen LogP contribution is -2.14. The van der Waals surface area contributed by atoms with Gasteiger partial charge in [0.25, 0.3) is 0 Å². The SMILES string of the molecule is O=C(O)c1ccc(Oc2ccc(F)cc2Cl)c(C(F)(F)F)c1F. The van der Waals surface area contributed by atoms with Gasteiger partial charge in [-0.25, -0.2) is 13.6 Å². The third kappa shape index (κ3) is 3.53. The molecule has 0 unspecified atom stereocenters. The van der Waals surface area contributed by atoms with E-state index in [1.165, 1.54) is 0 Å². The van der Waals surface area contributed by atoms with E-state index >= 15 is 0 Å². The standard InChI is InChI=1S/C14H6ClF5O3/c15-8-5-6(16)1-3-9(8)23-10-4-2-7(13(21)22)12(17)11(10)14(18,19)20/h1-5H,(H,21,22). The van der Waals surface area contributed by atoms with Gasteiger partial charge in [0, 0.05) is 0 Å². The van der Waals surface area contributed by atoms with E-state index in [4.69, 9.17) is 21.4 Å². The van der Waals surface area contributed by atoms with Crippen LogP contribution in [0.4, 0.5) is 22.0 Å². The summed E-state index contributed by atoms with van der Waals surface area (Å²) in [4.78, 5) is 10.8. The number of carbonyl (C=O) groups is 1. The van der Waals surface area contributed by atoms with Crippen molar-refractivity contribution in [3.8, 4) is 11.5 Å². The number of alkyl halides is 3. The lowest BCUT2D eigenvalue weighted by atomic mass is 10.1. The summed E-state index contributed by atoms with van der Waals surface area (Å²) in [5.74, 6) is -5.93. The van der Waals surface area contributed by atoms with Crippen LogP contribution in [-0.2, 0) is 6.18 Å². The molecule has 2 aromatic rings. The highest BCUT2D eigenvalue weighted by atomic mass is 35.5. The van der Waals surface area contributed by atoms with Crippen LogP contribution < -0.4 is 4.74 Å². The molecule has 3 nitrogen and oxygen atoms in total. The largest absolute Gasteiger partial charge is 0.478 e. The van der Waals surface area contributed by atoms with Crippen LogP contribution >= 0.6 is 11.6 Å². The van der Waals surface area contributed by atoms with Crippen molar-refractivity contribution in [2.45, 2.75) is 6.18 Å². The number of rotatable bonds is 3. The molecule has 0 radical (unpaired) electrons. The molecule has 0 spiro atoms. The molecule has 0 saturated carbocycles. The Labute approximate surface area is 130 Å². The van der Waals surface area contributed by atoms with Gasteiger partial charge >= 0.3 is 12.1 Å². The van der Waals surface area contributed by atoms with E-state index in [9.17, 15) is 26.7 Å². The molecule has 23 heavy (non-hydrogen) atoms. The van der Waals surface area contributed by atoms with E-state index < -0.39 is 40.7 Å². The monoisotopic (exact) mass is 352 g/mol. The third-order valence-corrected chi connectivity index (χ3v) is 3.03. The minimum absolute atomic E-state index is 0.333. The first-order chi connectivity index (χ1) is 10.6. The average Bonchev–Trinajstić information content (AvgIpc) is 2.40. The molecule has 0 fully saturated rings. The molecule has 122 valence electrons. The van der Waals surface area contributed by atoms with Crippen molar-refractivity contribution in [3.05, 3.63) is 58.1 Å². The fraction of sp³-hybridized carbons (Fsp3) is 0.0714. The van der Waals surface area contributed by atoms with Gasteiger partial charge in [-0.2, -0.15) is 13.2 Å². The molecule has 0 amide bonds. The lowest BCUT2D eigenvalue weighted by Gasteiger charge is -2.16. The van der Waals surface area contributed by atoms with E-state index in [2.05, 4.69) is 0 Å². The summed E-state index contributed by atoms with van der Waals surface area (Å²) < 4.78 is 70.7. The Bertz CT molecular complexity index is 774. The van der Waals surface area contributed by atoms with Gasteiger partial charge in [-0.1, -0.05) is 11.6 Å². The van der Waals surface area contributed by atoms with Crippen molar-refractivity contribution in [1.82, 2.24) is 0 Å². The van der Waals surface area contributed by atoms with Crippen molar-refractivity contribution >= 4 is 17.6 Å². The Morgan fingerprint density at radius 2 is 1.70 bits per heavy atom. The van der Waals surface area contributed by atoms with Crippen molar-refractivity contribution < 1.29 is 36.6 Å². The maximum Gasteiger partial charge on any atom is 0.422 e. The van der Waals surface area contributed by atoms with Gasteiger partial charge in [-0.05, 0) is 30.3 Å². The van der Waals surface area contributed by atoms with Crippen molar-refractivity contribution in [1.29, 1.82) is 0 Å². The first-order valence-corrected chi connectivity index (χ1v) is 6.25. The maximum atomic E-state index is 13.9. The summed E-state index contributed by atoms with van der Waals surface area (Å²) in [5.41, 5.74) is -3.05. The zero-order chi connectivity index (χ0) is 17.4. The Morgan fingerprint density at radius 3 is 2.22 bits per heavy atom. The van der Waals surface area contributed by atoms with Crippen LogP contribution in [0.5, 0.6) is 11.5 Å². The Morgan fingerprint density at radius 1 is 1.09 bits per heavy atom. The number of ether oxygens (including phenoxy) is 1. The van der Waals surface area contributed by atoms with Crippen LogP contribution in [0.15, 0.2) is 30.3 Å². The Hall–Kier alpha value is -2.35. The van der Waals surface area contributed by atoms with Crippen molar-refractivity contribution in [3.63, 3.8) is 0 Å². The molecular weight excluding hydrogens is 347 g/mol. The highest BCUT2D eigenvalue weighted by Gasteiger charge is 2.40. The minimum atomic E-state index is -5.21. The second kappa shape index (κ2) is 6.04.